The maximum atomic E-state index is 12.8. The Labute approximate surface area is 133 Å². The Morgan fingerprint density at radius 3 is 2.83 bits per heavy atom. The van der Waals surface area contributed by atoms with Crippen LogP contribution in [0.2, 0.25) is 0 Å². The normalized spacial score (nSPS) is 15.7. The largest absolute Gasteiger partial charge is 0.279 e. The molecule has 0 amide bonds. The van der Waals surface area contributed by atoms with E-state index in [4.69, 9.17) is 0 Å². The molecule has 3 aromatic heterocycles. The van der Waals surface area contributed by atoms with E-state index in [1.807, 2.05) is 6.92 Å². The second kappa shape index (κ2) is 5.05. The van der Waals surface area contributed by atoms with Gasteiger partial charge in [-0.3, -0.25) is 4.72 Å². The first-order chi connectivity index (χ1) is 11.1. The number of nitrogens with one attached hydrogen (secondary N) is 1. The zero-order chi connectivity index (χ0) is 16.0. The van der Waals surface area contributed by atoms with Crippen molar-refractivity contribution in [1.29, 1.82) is 0 Å². The Balaban J connectivity index is 1.76. The van der Waals surface area contributed by atoms with Gasteiger partial charge in [-0.1, -0.05) is 0 Å². The van der Waals surface area contributed by atoms with E-state index in [0.29, 0.717) is 11.3 Å². The van der Waals surface area contributed by atoms with Gasteiger partial charge in [-0.2, -0.15) is 18.6 Å². The molecule has 23 heavy (non-hydrogen) atoms. The van der Waals surface area contributed by atoms with Gasteiger partial charge >= 0.3 is 0 Å². The molecule has 1 saturated carbocycles. The summed E-state index contributed by atoms with van der Waals surface area (Å²) in [6.07, 6.45) is 7.69. The standard InChI is InChI=1S/C14H16N6O2S/c1-10-6-8-19-14(15-9-17-19)13(10)18-23(21,22)12-5-7-16-20(12)11-3-2-4-11/h5-9,11,18H,2-4H2,1H3. The SMILES string of the molecule is Cc1ccn2ncnc2c1NS(=O)(=O)c1ccnn1C1CCC1. The summed E-state index contributed by atoms with van der Waals surface area (Å²) >= 11 is 0. The highest BCUT2D eigenvalue weighted by atomic mass is 32.2. The van der Waals surface area contributed by atoms with Crippen molar-refractivity contribution >= 4 is 21.4 Å². The van der Waals surface area contributed by atoms with Crippen LogP contribution in [0, 0.1) is 6.92 Å². The molecule has 120 valence electrons. The third kappa shape index (κ3) is 2.27. The molecule has 9 heteroatoms. The average molecular weight is 332 g/mol. The molecule has 0 saturated heterocycles. The van der Waals surface area contributed by atoms with Crippen molar-refractivity contribution < 1.29 is 8.42 Å². The predicted molar refractivity (Wildman–Crippen MR) is 83.6 cm³/mol. The van der Waals surface area contributed by atoms with Crippen LogP contribution in [0.25, 0.3) is 5.65 Å². The predicted octanol–water partition coefficient (Wildman–Crippen LogP) is 1.76. The lowest BCUT2D eigenvalue weighted by molar-refractivity contribution is 0.271. The molecule has 4 rings (SSSR count). The van der Waals surface area contributed by atoms with Crippen LogP contribution < -0.4 is 4.72 Å². The maximum absolute atomic E-state index is 12.8. The minimum Gasteiger partial charge on any atom is -0.274 e. The average Bonchev–Trinajstić information content (AvgIpc) is 3.09. The molecule has 3 aromatic rings. The number of anilines is 1. The van der Waals surface area contributed by atoms with Gasteiger partial charge in [0.2, 0.25) is 0 Å². The molecular weight excluding hydrogens is 316 g/mol. The monoisotopic (exact) mass is 332 g/mol. The number of pyridine rings is 1. The quantitative estimate of drug-likeness (QED) is 0.785. The summed E-state index contributed by atoms with van der Waals surface area (Å²) in [4.78, 5) is 4.13. The van der Waals surface area contributed by atoms with Crippen molar-refractivity contribution in [1.82, 2.24) is 24.4 Å². The number of sulfonamides is 1. The summed E-state index contributed by atoms with van der Waals surface area (Å²) in [7, 11) is -3.74. The van der Waals surface area contributed by atoms with Crippen LogP contribution in [-0.2, 0) is 10.0 Å². The summed E-state index contributed by atoms with van der Waals surface area (Å²) in [6.45, 7) is 1.83. The molecule has 3 heterocycles. The van der Waals surface area contributed by atoms with Gasteiger partial charge in [0.15, 0.2) is 10.7 Å². The van der Waals surface area contributed by atoms with Gasteiger partial charge in [-0.15, -0.1) is 0 Å². The van der Waals surface area contributed by atoms with Gasteiger partial charge in [-0.25, -0.2) is 14.2 Å². The van der Waals surface area contributed by atoms with Crippen molar-refractivity contribution in [3.8, 4) is 0 Å². The first-order valence-corrected chi connectivity index (χ1v) is 8.90. The lowest BCUT2D eigenvalue weighted by Crippen LogP contribution is -2.25. The van der Waals surface area contributed by atoms with Crippen molar-refractivity contribution in [3.05, 3.63) is 36.4 Å². The fraction of sp³-hybridized carbons (Fsp3) is 0.357. The second-order valence-electron chi connectivity index (χ2n) is 5.71. The Kier molecular flexibility index (Phi) is 3.12. The molecular formula is C14H16N6O2S. The number of fused-ring (bicyclic) bond motifs is 1. The highest BCUT2D eigenvalue weighted by molar-refractivity contribution is 7.92. The lowest BCUT2D eigenvalue weighted by Gasteiger charge is -2.27. The molecule has 0 bridgehead atoms. The lowest BCUT2D eigenvalue weighted by atomic mass is 9.93. The number of nitrogens with zero attached hydrogens (tertiary/aromatic N) is 5. The van der Waals surface area contributed by atoms with Crippen molar-refractivity contribution in [3.63, 3.8) is 0 Å². The Bertz CT molecular complexity index is 970. The summed E-state index contributed by atoms with van der Waals surface area (Å²) in [5.74, 6) is 0. The van der Waals surface area contributed by atoms with Crippen molar-refractivity contribution in [2.75, 3.05) is 4.72 Å². The van der Waals surface area contributed by atoms with Gasteiger partial charge in [0.25, 0.3) is 10.0 Å². The number of aromatic nitrogens is 5. The molecule has 0 radical (unpaired) electrons. The molecule has 0 aromatic carbocycles. The zero-order valence-corrected chi connectivity index (χ0v) is 13.4. The molecule has 1 N–H and O–H groups in total. The van der Waals surface area contributed by atoms with E-state index in [-0.39, 0.29) is 11.1 Å². The molecule has 0 spiro atoms. The summed E-state index contributed by atoms with van der Waals surface area (Å²) in [6, 6.07) is 3.49. The van der Waals surface area contributed by atoms with Crippen LogP contribution in [0.5, 0.6) is 0 Å². The van der Waals surface area contributed by atoms with Crippen LogP contribution in [-0.4, -0.2) is 32.8 Å². The number of hydrogen-bond acceptors (Lipinski definition) is 5. The topological polar surface area (TPSA) is 94.2 Å². The van der Waals surface area contributed by atoms with Gasteiger partial charge in [-0.05, 0) is 43.9 Å². The highest BCUT2D eigenvalue weighted by Gasteiger charge is 2.28. The Morgan fingerprint density at radius 1 is 1.26 bits per heavy atom. The van der Waals surface area contributed by atoms with Crippen LogP contribution in [0.3, 0.4) is 0 Å². The van der Waals surface area contributed by atoms with Crippen molar-refractivity contribution in [2.24, 2.45) is 0 Å². The molecule has 0 atom stereocenters. The van der Waals surface area contributed by atoms with Crippen LogP contribution in [0.4, 0.5) is 5.69 Å². The van der Waals surface area contributed by atoms with E-state index in [2.05, 4.69) is 19.9 Å². The smallest absolute Gasteiger partial charge is 0.274 e. The summed E-state index contributed by atoms with van der Waals surface area (Å²) in [5, 5.41) is 8.40. The van der Waals surface area contributed by atoms with E-state index in [0.717, 1.165) is 24.8 Å². The Hall–Kier alpha value is -2.42. The number of aryl methyl sites for hydroxylation is 1. The molecule has 0 unspecified atom stereocenters. The number of hydrogen-bond donors (Lipinski definition) is 1. The van der Waals surface area contributed by atoms with E-state index in [9.17, 15) is 8.42 Å². The van der Waals surface area contributed by atoms with Gasteiger partial charge in [0.05, 0.1) is 17.9 Å². The van der Waals surface area contributed by atoms with Crippen LogP contribution in [0.1, 0.15) is 30.9 Å². The minimum absolute atomic E-state index is 0.168. The van der Waals surface area contributed by atoms with Gasteiger partial charge in [0, 0.05) is 6.20 Å². The highest BCUT2D eigenvalue weighted by Crippen LogP contribution is 2.33. The van der Waals surface area contributed by atoms with E-state index in [1.54, 1.807) is 16.9 Å². The third-order valence-corrected chi connectivity index (χ3v) is 5.57. The minimum atomic E-state index is -3.74. The van der Waals surface area contributed by atoms with Gasteiger partial charge < -0.3 is 0 Å². The van der Waals surface area contributed by atoms with Crippen LogP contribution in [0.15, 0.2) is 35.9 Å². The molecule has 0 aliphatic heterocycles. The van der Waals surface area contributed by atoms with E-state index < -0.39 is 10.0 Å². The van der Waals surface area contributed by atoms with Crippen LogP contribution >= 0.6 is 0 Å². The van der Waals surface area contributed by atoms with E-state index in [1.165, 1.54) is 23.1 Å². The molecule has 1 aliphatic carbocycles. The molecule has 1 fully saturated rings. The zero-order valence-electron chi connectivity index (χ0n) is 12.5. The van der Waals surface area contributed by atoms with Gasteiger partial charge in [0.1, 0.15) is 6.33 Å². The summed E-state index contributed by atoms with van der Waals surface area (Å²) in [5.41, 5.74) is 1.69. The fourth-order valence-corrected chi connectivity index (χ4v) is 4.02. The second-order valence-corrected chi connectivity index (χ2v) is 7.34. The molecule has 1 aliphatic rings. The first-order valence-electron chi connectivity index (χ1n) is 7.41. The fourth-order valence-electron chi connectivity index (χ4n) is 2.71. The Morgan fingerprint density at radius 2 is 2.09 bits per heavy atom. The molecule has 8 nitrogen and oxygen atoms in total. The first kappa shape index (κ1) is 14.2. The maximum Gasteiger partial charge on any atom is 0.279 e. The summed E-state index contributed by atoms with van der Waals surface area (Å²) < 4.78 is 31.4. The van der Waals surface area contributed by atoms with Crippen molar-refractivity contribution in [2.45, 2.75) is 37.3 Å². The third-order valence-electron chi connectivity index (χ3n) is 4.22. The number of rotatable bonds is 4. The van der Waals surface area contributed by atoms with E-state index >= 15 is 0 Å².